The van der Waals surface area contributed by atoms with Crippen molar-refractivity contribution in [3.8, 4) is 5.75 Å². The molecule has 0 bridgehead atoms. The summed E-state index contributed by atoms with van der Waals surface area (Å²) in [5, 5.41) is 13.2. The molecule has 0 fully saturated rings. The van der Waals surface area contributed by atoms with E-state index in [2.05, 4.69) is 5.32 Å². The van der Waals surface area contributed by atoms with Crippen LogP contribution in [0.25, 0.3) is 0 Å². The fraction of sp³-hybridized carbons (Fsp3) is 0.294. The molecular weight excluding hydrogens is 250 g/mol. The highest BCUT2D eigenvalue weighted by Crippen LogP contribution is 2.21. The number of phenols is 1. The van der Waals surface area contributed by atoms with Gasteiger partial charge in [-0.15, -0.1) is 0 Å². The third-order valence-electron chi connectivity index (χ3n) is 3.18. The summed E-state index contributed by atoms with van der Waals surface area (Å²) < 4.78 is 5.47. The van der Waals surface area contributed by atoms with Gasteiger partial charge < -0.3 is 15.2 Å². The summed E-state index contributed by atoms with van der Waals surface area (Å²) in [6.07, 6.45) is 0. The Morgan fingerprint density at radius 2 is 1.90 bits per heavy atom. The van der Waals surface area contributed by atoms with Gasteiger partial charge in [0.1, 0.15) is 5.75 Å². The van der Waals surface area contributed by atoms with E-state index in [0.717, 1.165) is 22.4 Å². The zero-order valence-corrected chi connectivity index (χ0v) is 12.0. The molecule has 106 valence electrons. The van der Waals surface area contributed by atoms with Gasteiger partial charge in [0.25, 0.3) is 0 Å². The van der Waals surface area contributed by atoms with Crippen LogP contribution in [-0.4, -0.2) is 11.7 Å². The molecule has 0 heterocycles. The van der Waals surface area contributed by atoms with Gasteiger partial charge in [-0.05, 0) is 26.0 Å². The summed E-state index contributed by atoms with van der Waals surface area (Å²) in [4.78, 5) is 0. The van der Waals surface area contributed by atoms with Crippen molar-refractivity contribution in [2.24, 2.45) is 0 Å². The number of ether oxygens (including phenoxy) is 1. The molecule has 0 saturated heterocycles. The molecule has 2 rings (SSSR count). The van der Waals surface area contributed by atoms with Crippen LogP contribution in [0.4, 0.5) is 5.69 Å². The summed E-state index contributed by atoms with van der Waals surface area (Å²) in [7, 11) is 0. The first kappa shape index (κ1) is 14.4. The first-order valence-electron chi connectivity index (χ1n) is 6.88. The zero-order valence-electron chi connectivity index (χ0n) is 12.0. The largest absolute Gasteiger partial charge is 0.508 e. The minimum atomic E-state index is 0.324. The minimum Gasteiger partial charge on any atom is -0.508 e. The number of aryl methyl sites for hydroxylation is 1. The van der Waals surface area contributed by atoms with Gasteiger partial charge in [0, 0.05) is 30.0 Å². The van der Waals surface area contributed by atoms with E-state index in [-0.39, 0.29) is 0 Å². The molecule has 2 aromatic carbocycles. The van der Waals surface area contributed by atoms with E-state index in [1.54, 1.807) is 6.07 Å². The number of anilines is 1. The van der Waals surface area contributed by atoms with Crippen LogP contribution >= 0.6 is 0 Å². The number of rotatable bonds is 6. The van der Waals surface area contributed by atoms with Crippen molar-refractivity contribution in [1.29, 1.82) is 0 Å². The molecule has 0 saturated carbocycles. The third kappa shape index (κ3) is 3.75. The maximum Gasteiger partial charge on any atom is 0.120 e. The molecule has 2 aromatic rings. The van der Waals surface area contributed by atoms with Crippen molar-refractivity contribution >= 4 is 5.69 Å². The Morgan fingerprint density at radius 1 is 1.10 bits per heavy atom. The maximum atomic E-state index is 9.86. The molecule has 3 heteroatoms. The molecule has 3 nitrogen and oxygen atoms in total. The summed E-state index contributed by atoms with van der Waals surface area (Å²) in [5.74, 6) is 0.324. The Bertz CT molecular complexity index is 567. The van der Waals surface area contributed by atoms with Gasteiger partial charge in [0.05, 0.1) is 6.61 Å². The first-order valence-corrected chi connectivity index (χ1v) is 6.88. The molecular formula is C17H21NO2. The van der Waals surface area contributed by atoms with Crippen molar-refractivity contribution in [3.05, 3.63) is 59.2 Å². The van der Waals surface area contributed by atoms with Crippen molar-refractivity contribution in [3.63, 3.8) is 0 Å². The fourth-order valence-electron chi connectivity index (χ4n) is 2.08. The number of benzene rings is 2. The molecule has 0 aliphatic carbocycles. The van der Waals surface area contributed by atoms with Gasteiger partial charge in [0.15, 0.2) is 0 Å². The van der Waals surface area contributed by atoms with Gasteiger partial charge in [-0.2, -0.15) is 0 Å². The molecule has 0 radical (unpaired) electrons. The predicted octanol–water partition coefficient (Wildman–Crippen LogP) is 3.85. The molecule has 0 aliphatic rings. The number of para-hydroxylation sites is 1. The monoisotopic (exact) mass is 271 g/mol. The quantitative estimate of drug-likeness (QED) is 0.838. The standard InChI is InChI=1S/C17H21NO2/c1-3-20-12-14-6-4-5-7-16(14)18-11-15-10-13(2)8-9-17(15)19/h4-10,18-19H,3,11-12H2,1-2H3. The van der Waals surface area contributed by atoms with Gasteiger partial charge in [0.2, 0.25) is 0 Å². The molecule has 20 heavy (non-hydrogen) atoms. The van der Waals surface area contributed by atoms with E-state index in [9.17, 15) is 5.11 Å². The predicted molar refractivity (Wildman–Crippen MR) is 81.9 cm³/mol. The van der Waals surface area contributed by atoms with Crippen molar-refractivity contribution in [2.45, 2.75) is 27.0 Å². The van der Waals surface area contributed by atoms with Crippen molar-refractivity contribution < 1.29 is 9.84 Å². The molecule has 0 spiro atoms. The highest BCUT2D eigenvalue weighted by Gasteiger charge is 2.04. The summed E-state index contributed by atoms with van der Waals surface area (Å²) in [6.45, 7) is 5.90. The smallest absolute Gasteiger partial charge is 0.120 e. The van der Waals surface area contributed by atoms with E-state index in [1.165, 1.54) is 0 Å². The topological polar surface area (TPSA) is 41.5 Å². The van der Waals surface area contributed by atoms with Crippen LogP contribution in [0.2, 0.25) is 0 Å². The molecule has 0 amide bonds. The van der Waals surface area contributed by atoms with Gasteiger partial charge in [-0.25, -0.2) is 0 Å². The molecule has 0 atom stereocenters. The first-order chi connectivity index (χ1) is 9.70. The highest BCUT2D eigenvalue weighted by atomic mass is 16.5. The Balaban J connectivity index is 2.08. The molecule has 2 N–H and O–H groups in total. The average molecular weight is 271 g/mol. The molecule has 0 aliphatic heterocycles. The number of hydrogen-bond acceptors (Lipinski definition) is 3. The molecule has 0 aromatic heterocycles. The average Bonchev–Trinajstić information content (AvgIpc) is 2.47. The Kier molecular flexibility index (Phi) is 5.02. The lowest BCUT2D eigenvalue weighted by Crippen LogP contribution is -2.04. The maximum absolute atomic E-state index is 9.86. The minimum absolute atomic E-state index is 0.324. The van der Waals surface area contributed by atoms with E-state index in [0.29, 0.717) is 25.5 Å². The lowest BCUT2D eigenvalue weighted by atomic mass is 10.1. The van der Waals surface area contributed by atoms with Gasteiger partial charge in [-0.1, -0.05) is 35.9 Å². The second-order valence-electron chi connectivity index (χ2n) is 4.78. The van der Waals surface area contributed by atoms with Gasteiger partial charge >= 0.3 is 0 Å². The summed E-state index contributed by atoms with van der Waals surface area (Å²) >= 11 is 0. The van der Waals surface area contributed by atoms with E-state index in [4.69, 9.17) is 4.74 Å². The number of nitrogens with one attached hydrogen (secondary N) is 1. The summed E-state index contributed by atoms with van der Waals surface area (Å²) in [5.41, 5.74) is 4.21. The van der Waals surface area contributed by atoms with Crippen LogP contribution in [0, 0.1) is 6.92 Å². The highest BCUT2D eigenvalue weighted by molar-refractivity contribution is 5.52. The van der Waals surface area contributed by atoms with Gasteiger partial charge in [-0.3, -0.25) is 0 Å². The number of phenolic OH excluding ortho intramolecular Hbond substituents is 1. The lowest BCUT2D eigenvalue weighted by molar-refractivity contribution is 0.134. The zero-order chi connectivity index (χ0) is 14.4. The Hall–Kier alpha value is -2.00. The van der Waals surface area contributed by atoms with Crippen LogP contribution in [0.5, 0.6) is 5.75 Å². The second kappa shape index (κ2) is 6.96. The normalized spacial score (nSPS) is 10.5. The summed E-state index contributed by atoms with van der Waals surface area (Å²) in [6, 6.07) is 13.7. The number of aromatic hydroxyl groups is 1. The Labute approximate surface area is 120 Å². The van der Waals surface area contributed by atoms with Crippen molar-refractivity contribution in [2.75, 3.05) is 11.9 Å². The van der Waals surface area contributed by atoms with E-state index in [1.807, 2.05) is 50.2 Å². The SMILES string of the molecule is CCOCc1ccccc1NCc1cc(C)ccc1O. The fourth-order valence-corrected chi connectivity index (χ4v) is 2.08. The Morgan fingerprint density at radius 3 is 2.70 bits per heavy atom. The van der Waals surface area contributed by atoms with Crippen LogP contribution < -0.4 is 5.32 Å². The van der Waals surface area contributed by atoms with E-state index >= 15 is 0 Å². The second-order valence-corrected chi connectivity index (χ2v) is 4.78. The van der Waals surface area contributed by atoms with Crippen LogP contribution in [0.3, 0.4) is 0 Å². The van der Waals surface area contributed by atoms with Crippen molar-refractivity contribution in [1.82, 2.24) is 0 Å². The van der Waals surface area contributed by atoms with Crippen LogP contribution in [-0.2, 0) is 17.9 Å². The van der Waals surface area contributed by atoms with Crippen LogP contribution in [0.15, 0.2) is 42.5 Å². The lowest BCUT2D eigenvalue weighted by Gasteiger charge is -2.13. The van der Waals surface area contributed by atoms with E-state index < -0.39 is 0 Å². The third-order valence-corrected chi connectivity index (χ3v) is 3.18. The molecule has 0 unspecified atom stereocenters. The number of hydrogen-bond donors (Lipinski definition) is 2. The van der Waals surface area contributed by atoms with Crippen LogP contribution in [0.1, 0.15) is 23.6 Å².